The highest BCUT2D eigenvalue weighted by Gasteiger charge is 2.32. The smallest absolute Gasteiger partial charge is 0.478 e. The van der Waals surface area contributed by atoms with Crippen LogP contribution in [-0.4, -0.2) is 43.9 Å². The fourth-order valence-corrected chi connectivity index (χ4v) is 4.97. The van der Waals surface area contributed by atoms with Gasteiger partial charge in [0.15, 0.2) is 5.65 Å². The van der Waals surface area contributed by atoms with E-state index in [2.05, 4.69) is 25.5 Å². The van der Waals surface area contributed by atoms with Crippen LogP contribution in [0.4, 0.5) is 13.2 Å². The van der Waals surface area contributed by atoms with Gasteiger partial charge >= 0.3 is 12.3 Å². The number of hydrogen-bond acceptors (Lipinski definition) is 6. The molecule has 0 saturated carbocycles. The Labute approximate surface area is 235 Å². The van der Waals surface area contributed by atoms with Gasteiger partial charge in [-0.2, -0.15) is 5.10 Å². The summed E-state index contributed by atoms with van der Waals surface area (Å²) in [5, 5.41) is 18.8. The maximum atomic E-state index is 13.4. The van der Waals surface area contributed by atoms with Crippen molar-refractivity contribution in [1.82, 2.24) is 25.2 Å². The van der Waals surface area contributed by atoms with E-state index in [9.17, 15) is 32.7 Å². The molecule has 0 spiro atoms. The second kappa shape index (κ2) is 10.7. The summed E-state index contributed by atoms with van der Waals surface area (Å²) in [4.78, 5) is 42.0. The average molecular weight is 588 g/mol. The van der Waals surface area contributed by atoms with E-state index in [1.165, 1.54) is 41.0 Å². The summed E-state index contributed by atoms with van der Waals surface area (Å²) < 4.78 is 43.1. The molecule has 2 heterocycles. The zero-order chi connectivity index (χ0) is 29.5. The van der Waals surface area contributed by atoms with E-state index in [-0.39, 0.29) is 45.8 Å². The van der Waals surface area contributed by atoms with Gasteiger partial charge in [-0.05, 0) is 60.2 Å². The van der Waals surface area contributed by atoms with Crippen LogP contribution in [0, 0.1) is 6.92 Å². The average Bonchev–Trinajstić information content (AvgIpc) is 3.55. The Morgan fingerprint density at radius 1 is 1.15 bits per heavy atom. The van der Waals surface area contributed by atoms with Gasteiger partial charge in [0.05, 0.1) is 22.8 Å². The number of ether oxygens (including phenoxy) is 1. The fraction of sp³-hybridized carbons (Fsp3) is 0.222. The summed E-state index contributed by atoms with van der Waals surface area (Å²) in [7, 11) is 0. The predicted octanol–water partition coefficient (Wildman–Crippen LogP) is 4.64. The third kappa shape index (κ3) is 5.80. The van der Waals surface area contributed by atoms with E-state index >= 15 is 0 Å². The lowest BCUT2D eigenvalue weighted by Crippen LogP contribution is -2.30. The Bertz CT molecular complexity index is 1700. The van der Waals surface area contributed by atoms with Crippen LogP contribution in [0.2, 0.25) is 5.02 Å². The number of amides is 2. The van der Waals surface area contributed by atoms with Crippen molar-refractivity contribution in [2.75, 3.05) is 0 Å². The van der Waals surface area contributed by atoms with Gasteiger partial charge in [-0.25, -0.2) is 14.3 Å². The highest BCUT2D eigenvalue weighted by Crippen LogP contribution is 2.35. The van der Waals surface area contributed by atoms with E-state index in [1.54, 1.807) is 13.0 Å². The third-order valence-corrected chi connectivity index (χ3v) is 7.04. The summed E-state index contributed by atoms with van der Waals surface area (Å²) in [6.07, 6.45) is -2.37. The molecule has 2 aromatic carbocycles. The van der Waals surface area contributed by atoms with E-state index in [1.807, 2.05) is 0 Å². The molecule has 10 nitrogen and oxygen atoms in total. The fourth-order valence-electron chi connectivity index (χ4n) is 4.82. The van der Waals surface area contributed by atoms with Gasteiger partial charge in [-0.1, -0.05) is 23.7 Å². The van der Waals surface area contributed by atoms with Gasteiger partial charge < -0.3 is 20.5 Å². The van der Waals surface area contributed by atoms with Crippen LogP contribution in [0.25, 0.3) is 5.65 Å². The van der Waals surface area contributed by atoms with Crippen molar-refractivity contribution in [2.24, 2.45) is 0 Å². The lowest BCUT2D eigenvalue weighted by Gasteiger charge is -2.16. The molecule has 212 valence electrons. The van der Waals surface area contributed by atoms with Gasteiger partial charge in [0.2, 0.25) is 0 Å². The van der Waals surface area contributed by atoms with Crippen molar-refractivity contribution < 1.29 is 37.4 Å². The molecule has 3 N–H and O–H groups in total. The summed E-state index contributed by atoms with van der Waals surface area (Å²) in [5.74, 6) is -2.84. The molecule has 2 aromatic heterocycles. The molecule has 4 aromatic rings. The highest BCUT2D eigenvalue weighted by molar-refractivity contribution is 6.32. The predicted molar refractivity (Wildman–Crippen MR) is 139 cm³/mol. The molecule has 0 aliphatic heterocycles. The maximum absolute atomic E-state index is 13.4. The molecule has 0 bridgehead atoms. The molecule has 1 aliphatic carbocycles. The van der Waals surface area contributed by atoms with Gasteiger partial charge in [-0.15, -0.1) is 13.2 Å². The van der Waals surface area contributed by atoms with E-state index in [4.69, 9.17) is 11.6 Å². The minimum Gasteiger partial charge on any atom is -0.478 e. The van der Waals surface area contributed by atoms with Crippen LogP contribution >= 0.6 is 11.6 Å². The lowest BCUT2D eigenvalue weighted by atomic mass is 9.98. The molecule has 0 fully saturated rings. The normalized spacial score (nSPS) is 14.5. The molecule has 1 atom stereocenters. The molecule has 5 rings (SSSR count). The minimum atomic E-state index is -4.94. The number of carboxylic acid groups (broad SMARTS) is 1. The Hall–Kier alpha value is -4.65. The summed E-state index contributed by atoms with van der Waals surface area (Å²) >= 11 is 5.78. The number of alkyl halides is 3. The van der Waals surface area contributed by atoms with Crippen LogP contribution in [0.1, 0.15) is 66.1 Å². The number of hydrogen-bond donors (Lipinski definition) is 3. The third-order valence-electron chi connectivity index (χ3n) is 6.73. The van der Waals surface area contributed by atoms with E-state index < -0.39 is 29.9 Å². The van der Waals surface area contributed by atoms with Crippen molar-refractivity contribution in [3.8, 4) is 5.75 Å². The number of benzene rings is 2. The maximum Gasteiger partial charge on any atom is 0.573 e. The standard InChI is InChI=1S/C27H21ClF3N5O5/c1-13-15-5-7-19(17(15)4-3-16(13)26(39)40)35-25(38)21-11-20(34-23-8-9-33-36(21)23)24(37)32-12-14-2-6-18(28)22(10-14)41-27(29,30)31/h2-4,6,8-11,19H,5,7,12H2,1H3,(H,32,37)(H,35,38)(H,39,40)/t19-/m0/s1. The molecule has 0 unspecified atom stereocenters. The number of halogens is 4. The number of nitrogens with one attached hydrogen (secondary N) is 2. The zero-order valence-corrected chi connectivity index (χ0v) is 22.0. The lowest BCUT2D eigenvalue weighted by molar-refractivity contribution is -0.274. The Balaban J connectivity index is 1.35. The first-order valence-corrected chi connectivity index (χ1v) is 12.6. The van der Waals surface area contributed by atoms with Gasteiger partial charge in [0.1, 0.15) is 17.1 Å². The largest absolute Gasteiger partial charge is 0.573 e. The Morgan fingerprint density at radius 3 is 2.66 bits per heavy atom. The van der Waals surface area contributed by atoms with Gasteiger partial charge in [0.25, 0.3) is 11.8 Å². The first-order valence-electron chi connectivity index (χ1n) is 12.2. The number of carboxylic acids is 1. The first-order chi connectivity index (χ1) is 19.4. The second-order valence-electron chi connectivity index (χ2n) is 9.30. The van der Waals surface area contributed by atoms with Crippen LogP contribution in [0.3, 0.4) is 0 Å². The van der Waals surface area contributed by atoms with Crippen molar-refractivity contribution in [3.63, 3.8) is 0 Å². The molecule has 0 radical (unpaired) electrons. The van der Waals surface area contributed by atoms with Crippen molar-refractivity contribution in [1.29, 1.82) is 0 Å². The monoisotopic (exact) mass is 587 g/mol. The molecule has 14 heteroatoms. The quantitative estimate of drug-likeness (QED) is 0.287. The van der Waals surface area contributed by atoms with Crippen molar-refractivity contribution in [2.45, 2.75) is 38.7 Å². The van der Waals surface area contributed by atoms with Crippen molar-refractivity contribution in [3.05, 3.63) is 92.9 Å². The summed E-state index contributed by atoms with van der Waals surface area (Å²) in [6.45, 7) is 1.57. The number of nitrogens with zero attached hydrogens (tertiary/aromatic N) is 3. The van der Waals surface area contributed by atoms with Crippen LogP contribution in [-0.2, 0) is 13.0 Å². The van der Waals surface area contributed by atoms with Crippen LogP contribution in [0.15, 0.2) is 48.7 Å². The molecular weight excluding hydrogens is 567 g/mol. The Kier molecular flexibility index (Phi) is 7.30. The highest BCUT2D eigenvalue weighted by atomic mass is 35.5. The summed E-state index contributed by atoms with van der Waals surface area (Å²) in [6, 6.07) is 9.31. The molecule has 1 aliphatic rings. The number of aromatic carboxylic acids is 1. The number of aromatic nitrogens is 3. The zero-order valence-electron chi connectivity index (χ0n) is 21.3. The van der Waals surface area contributed by atoms with E-state index in [0.29, 0.717) is 18.4 Å². The topological polar surface area (TPSA) is 135 Å². The number of carbonyl (C=O) groups excluding carboxylic acids is 2. The van der Waals surface area contributed by atoms with Crippen LogP contribution < -0.4 is 15.4 Å². The number of fused-ring (bicyclic) bond motifs is 2. The SMILES string of the molecule is Cc1c(C(=O)O)ccc2c1CC[C@@H]2NC(=O)c1cc(C(=O)NCc2ccc(Cl)c(OC(F)(F)F)c2)nc2ccnn12. The number of rotatable bonds is 7. The number of carbonyl (C=O) groups is 3. The van der Waals surface area contributed by atoms with Gasteiger partial charge in [0, 0.05) is 18.7 Å². The Morgan fingerprint density at radius 2 is 1.93 bits per heavy atom. The molecular formula is C27H21ClF3N5O5. The first kappa shape index (κ1) is 27.9. The molecule has 41 heavy (non-hydrogen) atoms. The summed E-state index contributed by atoms with van der Waals surface area (Å²) in [5.41, 5.74) is 2.99. The van der Waals surface area contributed by atoms with Crippen LogP contribution in [0.5, 0.6) is 5.75 Å². The second-order valence-corrected chi connectivity index (χ2v) is 9.71. The van der Waals surface area contributed by atoms with Gasteiger partial charge in [-0.3, -0.25) is 9.59 Å². The minimum absolute atomic E-state index is 0.0323. The van der Waals surface area contributed by atoms with Crippen molar-refractivity contribution >= 4 is 35.0 Å². The van der Waals surface area contributed by atoms with E-state index in [0.717, 1.165) is 17.2 Å². The molecule has 2 amide bonds. The molecule has 0 saturated heterocycles.